The van der Waals surface area contributed by atoms with Crippen molar-refractivity contribution in [2.24, 2.45) is 5.73 Å². The van der Waals surface area contributed by atoms with E-state index in [1.165, 1.54) is 4.88 Å². The van der Waals surface area contributed by atoms with Crippen LogP contribution in [0.4, 0.5) is 0 Å². The van der Waals surface area contributed by atoms with E-state index >= 15 is 0 Å². The van der Waals surface area contributed by atoms with Crippen molar-refractivity contribution in [1.82, 2.24) is 20.3 Å². The zero-order valence-electron chi connectivity index (χ0n) is 9.47. The summed E-state index contributed by atoms with van der Waals surface area (Å²) in [6.07, 6.45) is 1.81. The van der Waals surface area contributed by atoms with Crippen molar-refractivity contribution in [2.75, 3.05) is 6.54 Å². The summed E-state index contributed by atoms with van der Waals surface area (Å²) < 4.78 is 2.83. The van der Waals surface area contributed by atoms with E-state index in [2.05, 4.69) is 31.6 Å². The molecule has 0 unspecified atom stereocenters. The van der Waals surface area contributed by atoms with Gasteiger partial charge in [-0.2, -0.15) is 0 Å². The van der Waals surface area contributed by atoms with Crippen LogP contribution in [-0.2, 0) is 17.9 Å². The van der Waals surface area contributed by atoms with Crippen LogP contribution in [0.15, 0.2) is 22.1 Å². The highest BCUT2D eigenvalue weighted by atomic mass is 79.9. The highest BCUT2D eigenvalue weighted by molar-refractivity contribution is 9.11. The average Bonchev–Trinajstić information content (AvgIpc) is 2.96. The van der Waals surface area contributed by atoms with Gasteiger partial charge in [-0.3, -0.25) is 4.79 Å². The SMILES string of the molecule is NCC(=O)NCc1cn(Cc2ccc(Br)s2)nn1. The van der Waals surface area contributed by atoms with E-state index in [0.29, 0.717) is 18.8 Å². The zero-order chi connectivity index (χ0) is 13.0. The van der Waals surface area contributed by atoms with Gasteiger partial charge in [-0.05, 0) is 28.1 Å². The van der Waals surface area contributed by atoms with Crippen molar-refractivity contribution in [3.8, 4) is 0 Å². The molecule has 0 radical (unpaired) electrons. The van der Waals surface area contributed by atoms with Crippen LogP contribution < -0.4 is 11.1 Å². The third-order valence-corrected chi connectivity index (χ3v) is 3.79. The number of nitrogens with two attached hydrogens (primary N) is 1. The molecule has 0 aliphatic heterocycles. The summed E-state index contributed by atoms with van der Waals surface area (Å²) in [5.41, 5.74) is 5.90. The molecule has 96 valence electrons. The summed E-state index contributed by atoms with van der Waals surface area (Å²) in [5, 5.41) is 10.6. The third kappa shape index (κ3) is 3.62. The van der Waals surface area contributed by atoms with Crippen molar-refractivity contribution in [3.05, 3.63) is 32.7 Å². The van der Waals surface area contributed by atoms with E-state index in [1.54, 1.807) is 16.0 Å². The molecule has 1 amide bonds. The number of nitrogens with one attached hydrogen (secondary N) is 1. The van der Waals surface area contributed by atoms with Crippen molar-refractivity contribution in [1.29, 1.82) is 0 Å². The molecule has 6 nitrogen and oxygen atoms in total. The molecule has 2 aromatic rings. The minimum atomic E-state index is -0.202. The second-order valence-electron chi connectivity index (χ2n) is 3.59. The third-order valence-electron chi connectivity index (χ3n) is 2.18. The Morgan fingerprint density at radius 1 is 1.56 bits per heavy atom. The Hall–Kier alpha value is -1.25. The van der Waals surface area contributed by atoms with Gasteiger partial charge < -0.3 is 11.1 Å². The summed E-state index contributed by atoms with van der Waals surface area (Å²) in [6, 6.07) is 4.03. The minimum Gasteiger partial charge on any atom is -0.349 e. The molecule has 0 saturated carbocycles. The van der Waals surface area contributed by atoms with E-state index in [0.717, 1.165) is 3.79 Å². The van der Waals surface area contributed by atoms with Crippen LogP contribution in [0.3, 0.4) is 0 Å². The van der Waals surface area contributed by atoms with Gasteiger partial charge in [0.15, 0.2) is 0 Å². The summed E-state index contributed by atoms with van der Waals surface area (Å²) in [7, 11) is 0. The molecule has 0 aromatic carbocycles. The van der Waals surface area contributed by atoms with Gasteiger partial charge in [-0.25, -0.2) is 4.68 Å². The first-order valence-electron chi connectivity index (χ1n) is 5.27. The fourth-order valence-corrected chi connectivity index (χ4v) is 2.83. The Bertz CT molecular complexity index is 538. The van der Waals surface area contributed by atoms with Gasteiger partial charge in [-0.1, -0.05) is 5.21 Å². The Balaban J connectivity index is 1.91. The highest BCUT2D eigenvalue weighted by Crippen LogP contribution is 2.22. The number of nitrogens with zero attached hydrogens (tertiary/aromatic N) is 3. The van der Waals surface area contributed by atoms with Crippen molar-refractivity contribution < 1.29 is 4.79 Å². The van der Waals surface area contributed by atoms with Gasteiger partial charge in [0, 0.05) is 4.88 Å². The molecule has 0 bridgehead atoms. The predicted molar refractivity (Wildman–Crippen MR) is 72.0 cm³/mol. The standard InChI is InChI=1S/C10H12BrN5OS/c11-9-2-1-8(18-9)6-16-5-7(14-15-16)4-13-10(17)3-12/h1-2,5H,3-4,6,12H2,(H,13,17). The Morgan fingerprint density at radius 2 is 2.39 bits per heavy atom. The molecule has 2 aromatic heterocycles. The van der Waals surface area contributed by atoms with Crippen LogP contribution in [0.1, 0.15) is 10.6 Å². The molecule has 0 atom stereocenters. The molecular weight excluding hydrogens is 318 g/mol. The fraction of sp³-hybridized carbons (Fsp3) is 0.300. The van der Waals surface area contributed by atoms with Gasteiger partial charge in [0.05, 0.1) is 29.6 Å². The first-order valence-corrected chi connectivity index (χ1v) is 6.88. The number of aromatic nitrogens is 3. The van der Waals surface area contributed by atoms with E-state index in [9.17, 15) is 4.79 Å². The zero-order valence-corrected chi connectivity index (χ0v) is 11.9. The quantitative estimate of drug-likeness (QED) is 0.846. The Morgan fingerprint density at radius 3 is 3.06 bits per heavy atom. The van der Waals surface area contributed by atoms with E-state index < -0.39 is 0 Å². The molecule has 0 aliphatic carbocycles. The lowest BCUT2D eigenvalue weighted by molar-refractivity contribution is -0.119. The van der Waals surface area contributed by atoms with Crippen LogP contribution >= 0.6 is 27.3 Å². The maximum Gasteiger partial charge on any atom is 0.234 e. The summed E-state index contributed by atoms with van der Waals surface area (Å²) in [5.74, 6) is -0.202. The normalized spacial score (nSPS) is 10.6. The number of halogens is 1. The first-order chi connectivity index (χ1) is 8.67. The van der Waals surface area contributed by atoms with Crippen LogP contribution in [0.5, 0.6) is 0 Å². The lowest BCUT2D eigenvalue weighted by Gasteiger charge is -1.98. The maximum atomic E-state index is 11.0. The average molecular weight is 330 g/mol. The molecule has 0 fully saturated rings. The number of rotatable bonds is 5. The molecule has 0 spiro atoms. The van der Waals surface area contributed by atoms with Gasteiger partial charge in [0.1, 0.15) is 5.69 Å². The monoisotopic (exact) mass is 329 g/mol. The van der Waals surface area contributed by atoms with Crippen molar-refractivity contribution in [3.63, 3.8) is 0 Å². The topological polar surface area (TPSA) is 85.8 Å². The van der Waals surface area contributed by atoms with Gasteiger partial charge in [0.2, 0.25) is 5.91 Å². The molecular formula is C10H12BrN5OS. The molecule has 8 heteroatoms. The molecule has 3 N–H and O–H groups in total. The Kier molecular flexibility index (Phi) is 4.45. The predicted octanol–water partition coefficient (Wildman–Crippen LogP) is 0.725. The second kappa shape index (κ2) is 6.07. The van der Waals surface area contributed by atoms with Crippen LogP contribution in [-0.4, -0.2) is 27.4 Å². The van der Waals surface area contributed by atoms with Crippen LogP contribution in [0.2, 0.25) is 0 Å². The molecule has 2 rings (SSSR count). The lowest BCUT2D eigenvalue weighted by Crippen LogP contribution is -2.29. The van der Waals surface area contributed by atoms with Crippen LogP contribution in [0.25, 0.3) is 0 Å². The van der Waals surface area contributed by atoms with E-state index in [1.807, 2.05) is 18.3 Å². The number of amides is 1. The largest absolute Gasteiger partial charge is 0.349 e. The smallest absolute Gasteiger partial charge is 0.234 e. The fourth-order valence-electron chi connectivity index (χ4n) is 1.35. The van der Waals surface area contributed by atoms with Crippen molar-refractivity contribution >= 4 is 33.2 Å². The summed E-state index contributed by atoms with van der Waals surface area (Å²) in [4.78, 5) is 12.2. The molecule has 2 heterocycles. The van der Waals surface area contributed by atoms with E-state index in [4.69, 9.17) is 5.73 Å². The lowest BCUT2D eigenvalue weighted by atomic mass is 10.4. The second-order valence-corrected chi connectivity index (χ2v) is 6.14. The number of carbonyl (C=O) groups is 1. The molecule has 0 aliphatic rings. The van der Waals surface area contributed by atoms with Crippen molar-refractivity contribution in [2.45, 2.75) is 13.1 Å². The van der Waals surface area contributed by atoms with Crippen LogP contribution in [0, 0.1) is 0 Å². The molecule has 18 heavy (non-hydrogen) atoms. The minimum absolute atomic E-state index is 0.0165. The number of hydrogen-bond donors (Lipinski definition) is 2. The maximum absolute atomic E-state index is 11.0. The van der Waals surface area contributed by atoms with Gasteiger partial charge >= 0.3 is 0 Å². The van der Waals surface area contributed by atoms with E-state index in [-0.39, 0.29) is 12.5 Å². The number of thiophene rings is 1. The summed E-state index contributed by atoms with van der Waals surface area (Å²) >= 11 is 5.07. The Labute approximate surface area is 116 Å². The van der Waals surface area contributed by atoms with Gasteiger partial charge in [0.25, 0.3) is 0 Å². The number of hydrogen-bond acceptors (Lipinski definition) is 5. The highest BCUT2D eigenvalue weighted by Gasteiger charge is 2.04. The number of carbonyl (C=O) groups excluding carboxylic acids is 1. The summed E-state index contributed by atoms with van der Waals surface area (Å²) in [6.45, 7) is 1.01. The molecule has 0 saturated heterocycles. The van der Waals surface area contributed by atoms with Gasteiger partial charge in [-0.15, -0.1) is 16.4 Å². The first kappa shape index (κ1) is 13.2.